The minimum absolute atomic E-state index is 0.339. The molecule has 0 bridgehead atoms. The minimum atomic E-state index is 0.339. The Morgan fingerprint density at radius 1 is 1.50 bits per heavy atom. The van der Waals surface area contributed by atoms with Crippen molar-refractivity contribution < 1.29 is 4.74 Å². The molecule has 96 valence electrons. The summed E-state index contributed by atoms with van der Waals surface area (Å²) in [7, 11) is 1.82. The maximum absolute atomic E-state index is 6.13. The predicted octanol–water partition coefficient (Wildman–Crippen LogP) is 1.86. The van der Waals surface area contributed by atoms with E-state index in [0.717, 1.165) is 19.5 Å². The van der Waals surface area contributed by atoms with Crippen LogP contribution in [-0.4, -0.2) is 43.8 Å². The number of rotatable bonds is 6. The van der Waals surface area contributed by atoms with Gasteiger partial charge in [-0.2, -0.15) is 0 Å². The molecule has 3 nitrogen and oxygen atoms in total. The first-order valence-electron chi connectivity index (χ1n) is 6.68. The lowest BCUT2D eigenvalue weighted by molar-refractivity contribution is -0.00659. The van der Waals surface area contributed by atoms with Crippen molar-refractivity contribution in [1.82, 2.24) is 4.90 Å². The average Bonchev–Trinajstić information content (AvgIpc) is 2.29. The fraction of sp³-hybridized carbons (Fsp3) is 1.00. The molecule has 16 heavy (non-hydrogen) atoms. The van der Waals surface area contributed by atoms with Crippen LogP contribution in [0.4, 0.5) is 0 Å². The van der Waals surface area contributed by atoms with Gasteiger partial charge in [0.25, 0.3) is 0 Å². The minimum Gasteiger partial charge on any atom is -0.380 e. The number of unbranched alkanes of at least 4 members (excludes halogenated alkanes) is 1. The molecule has 1 aliphatic heterocycles. The number of likely N-dealkylation sites (tertiary alicyclic amines) is 1. The molecule has 3 atom stereocenters. The van der Waals surface area contributed by atoms with E-state index in [1.165, 1.54) is 25.8 Å². The Kier molecular flexibility index (Phi) is 6.32. The summed E-state index contributed by atoms with van der Waals surface area (Å²) >= 11 is 0. The predicted molar refractivity (Wildman–Crippen MR) is 68.5 cm³/mol. The molecule has 0 spiro atoms. The summed E-state index contributed by atoms with van der Waals surface area (Å²) in [5.41, 5.74) is 6.13. The molecule has 1 fully saturated rings. The third-order valence-electron chi connectivity index (χ3n) is 3.70. The maximum atomic E-state index is 6.13. The van der Waals surface area contributed by atoms with Crippen LogP contribution in [0, 0.1) is 5.92 Å². The lowest BCUT2D eigenvalue weighted by Gasteiger charge is -2.37. The fourth-order valence-electron chi connectivity index (χ4n) is 2.46. The van der Waals surface area contributed by atoms with Gasteiger partial charge in [0.1, 0.15) is 0 Å². The second-order valence-corrected chi connectivity index (χ2v) is 5.20. The van der Waals surface area contributed by atoms with Crippen molar-refractivity contribution in [3.05, 3.63) is 0 Å². The van der Waals surface area contributed by atoms with Crippen LogP contribution in [0.1, 0.15) is 39.5 Å². The monoisotopic (exact) mass is 228 g/mol. The van der Waals surface area contributed by atoms with Crippen LogP contribution < -0.4 is 5.73 Å². The van der Waals surface area contributed by atoms with Crippen molar-refractivity contribution >= 4 is 0 Å². The van der Waals surface area contributed by atoms with Crippen LogP contribution in [0.25, 0.3) is 0 Å². The first-order valence-corrected chi connectivity index (χ1v) is 6.68. The molecule has 2 N–H and O–H groups in total. The third kappa shape index (κ3) is 4.40. The van der Waals surface area contributed by atoms with E-state index in [0.29, 0.717) is 18.1 Å². The van der Waals surface area contributed by atoms with Gasteiger partial charge in [0.2, 0.25) is 0 Å². The molecule has 3 heteroatoms. The number of nitrogens with two attached hydrogens (primary N) is 1. The summed E-state index contributed by atoms with van der Waals surface area (Å²) in [5, 5.41) is 0. The molecular formula is C13H28N2O. The topological polar surface area (TPSA) is 38.5 Å². The largest absolute Gasteiger partial charge is 0.380 e. The lowest BCUT2D eigenvalue weighted by atomic mass is 9.95. The summed E-state index contributed by atoms with van der Waals surface area (Å²) in [6.45, 7) is 7.77. The van der Waals surface area contributed by atoms with Crippen molar-refractivity contribution in [3.63, 3.8) is 0 Å². The van der Waals surface area contributed by atoms with E-state index in [2.05, 4.69) is 18.7 Å². The van der Waals surface area contributed by atoms with Gasteiger partial charge >= 0.3 is 0 Å². The Bertz CT molecular complexity index is 187. The van der Waals surface area contributed by atoms with E-state index in [4.69, 9.17) is 10.5 Å². The van der Waals surface area contributed by atoms with Crippen molar-refractivity contribution in [2.45, 2.75) is 51.7 Å². The van der Waals surface area contributed by atoms with Crippen molar-refractivity contribution in [2.24, 2.45) is 11.7 Å². The molecule has 0 aromatic heterocycles. The van der Waals surface area contributed by atoms with Crippen LogP contribution >= 0.6 is 0 Å². The molecule has 0 aromatic carbocycles. The highest BCUT2D eigenvalue weighted by Crippen LogP contribution is 2.19. The van der Waals surface area contributed by atoms with Crippen LogP contribution in [-0.2, 0) is 4.74 Å². The van der Waals surface area contributed by atoms with Crippen LogP contribution in [0.3, 0.4) is 0 Å². The number of hydrogen-bond donors (Lipinski definition) is 1. The second-order valence-electron chi connectivity index (χ2n) is 5.20. The Morgan fingerprint density at radius 2 is 2.25 bits per heavy atom. The Morgan fingerprint density at radius 3 is 2.88 bits per heavy atom. The van der Waals surface area contributed by atoms with Crippen LogP contribution in [0.2, 0.25) is 0 Å². The molecule has 0 aliphatic carbocycles. The summed E-state index contributed by atoms with van der Waals surface area (Å²) in [4.78, 5) is 2.47. The highest BCUT2D eigenvalue weighted by atomic mass is 16.5. The number of hydrogen-bond acceptors (Lipinski definition) is 3. The molecule has 0 amide bonds. The molecule has 3 unspecified atom stereocenters. The zero-order chi connectivity index (χ0) is 12.0. The quantitative estimate of drug-likeness (QED) is 0.754. The molecule has 0 aromatic rings. The first-order chi connectivity index (χ1) is 7.67. The van der Waals surface area contributed by atoms with Gasteiger partial charge in [-0.05, 0) is 25.3 Å². The van der Waals surface area contributed by atoms with E-state index < -0.39 is 0 Å². The van der Waals surface area contributed by atoms with Crippen LogP contribution in [0.15, 0.2) is 0 Å². The molecule has 1 saturated heterocycles. The highest BCUT2D eigenvalue weighted by molar-refractivity contribution is 4.80. The summed E-state index contributed by atoms with van der Waals surface area (Å²) < 4.78 is 5.51. The van der Waals surface area contributed by atoms with E-state index >= 15 is 0 Å². The second kappa shape index (κ2) is 7.25. The molecule has 1 aliphatic rings. The van der Waals surface area contributed by atoms with E-state index in [1.54, 1.807) is 0 Å². The fourth-order valence-corrected chi connectivity index (χ4v) is 2.46. The van der Waals surface area contributed by atoms with Gasteiger partial charge in [-0.15, -0.1) is 0 Å². The van der Waals surface area contributed by atoms with Gasteiger partial charge in [0.15, 0.2) is 0 Å². The number of methoxy groups -OCH3 is 1. The van der Waals surface area contributed by atoms with Gasteiger partial charge in [0.05, 0.1) is 6.10 Å². The van der Waals surface area contributed by atoms with Crippen molar-refractivity contribution in [1.29, 1.82) is 0 Å². The van der Waals surface area contributed by atoms with E-state index in [9.17, 15) is 0 Å². The zero-order valence-electron chi connectivity index (χ0n) is 11.1. The number of piperidine rings is 1. The van der Waals surface area contributed by atoms with E-state index in [1.807, 2.05) is 7.11 Å². The summed E-state index contributed by atoms with van der Waals surface area (Å²) in [6, 6.07) is 0.339. The maximum Gasteiger partial charge on any atom is 0.0724 e. The van der Waals surface area contributed by atoms with Gasteiger partial charge in [-0.1, -0.05) is 26.7 Å². The first kappa shape index (κ1) is 13.9. The standard InChI is InChI=1S/C13H28N2O/c1-4-5-6-12(14)9-15-8-7-11(2)13(10-15)16-3/h11-13H,4-10,14H2,1-3H3. The molecular weight excluding hydrogens is 200 g/mol. The van der Waals surface area contributed by atoms with Crippen LogP contribution in [0.5, 0.6) is 0 Å². The normalized spacial score (nSPS) is 29.2. The summed E-state index contributed by atoms with van der Waals surface area (Å²) in [6.07, 6.45) is 5.27. The van der Waals surface area contributed by atoms with Gasteiger partial charge in [0, 0.05) is 26.2 Å². The van der Waals surface area contributed by atoms with Crippen molar-refractivity contribution in [3.8, 4) is 0 Å². The molecule has 0 saturated carbocycles. The van der Waals surface area contributed by atoms with E-state index in [-0.39, 0.29) is 0 Å². The molecule has 0 radical (unpaired) electrons. The number of nitrogens with zero attached hydrogens (tertiary/aromatic N) is 1. The van der Waals surface area contributed by atoms with Gasteiger partial charge in [-0.3, -0.25) is 4.90 Å². The lowest BCUT2D eigenvalue weighted by Crippen LogP contribution is -2.48. The number of ether oxygens (including phenoxy) is 1. The highest BCUT2D eigenvalue weighted by Gasteiger charge is 2.26. The smallest absolute Gasteiger partial charge is 0.0724 e. The molecule has 1 heterocycles. The van der Waals surface area contributed by atoms with Gasteiger partial charge < -0.3 is 10.5 Å². The summed E-state index contributed by atoms with van der Waals surface area (Å²) in [5.74, 6) is 0.688. The van der Waals surface area contributed by atoms with Crippen molar-refractivity contribution in [2.75, 3.05) is 26.7 Å². The Balaban J connectivity index is 2.27. The average molecular weight is 228 g/mol. The Hall–Kier alpha value is -0.120. The Labute approximate surface area is 100 Å². The van der Waals surface area contributed by atoms with Gasteiger partial charge in [-0.25, -0.2) is 0 Å². The molecule has 1 rings (SSSR count). The zero-order valence-corrected chi connectivity index (χ0v) is 11.1. The SMILES string of the molecule is CCCCC(N)CN1CCC(C)C(OC)C1. The third-order valence-corrected chi connectivity index (χ3v) is 3.70.